The minimum atomic E-state index is -0.509. The average Bonchev–Trinajstić information content (AvgIpc) is 2.54. The minimum absolute atomic E-state index is 0.000630. The van der Waals surface area contributed by atoms with Crippen molar-refractivity contribution in [2.24, 2.45) is 5.92 Å². The third-order valence-electron chi connectivity index (χ3n) is 3.95. The van der Waals surface area contributed by atoms with Crippen LogP contribution in [0.5, 0.6) is 0 Å². The number of carbonyl (C=O) groups is 2. The maximum atomic E-state index is 11.8. The minimum Gasteiger partial charge on any atom is -0.618 e. The van der Waals surface area contributed by atoms with Crippen LogP contribution < -0.4 is 10.0 Å². The summed E-state index contributed by atoms with van der Waals surface area (Å²) in [7, 11) is 0. The molecule has 1 aromatic rings. The van der Waals surface area contributed by atoms with E-state index in [1.165, 1.54) is 12.6 Å². The third-order valence-corrected chi connectivity index (χ3v) is 4.94. The average molecular weight is 338 g/mol. The van der Waals surface area contributed by atoms with Crippen LogP contribution in [0.15, 0.2) is 29.4 Å². The molecule has 1 N–H and O–H groups in total. The largest absolute Gasteiger partial charge is 0.618 e. The summed E-state index contributed by atoms with van der Waals surface area (Å²) >= 11 is 1.09. The lowest BCUT2D eigenvalue weighted by Gasteiger charge is -2.29. The molecule has 2 atom stereocenters. The van der Waals surface area contributed by atoms with Gasteiger partial charge in [-0.05, 0) is 36.6 Å². The van der Waals surface area contributed by atoms with Gasteiger partial charge in [0.25, 0.3) is 10.9 Å². The Morgan fingerprint density at radius 3 is 2.91 bits per heavy atom. The van der Waals surface area contributed by atoms with Crippen LogP contribution in [0.4, 0.5) is 0 Å². The lowest BCUT2D eigenvalue weighted by Crippen LogP contribution is -2.43. The number of pyridine rings is 1. The number of hydrogen-bond acceptors (Lipinski definition) is 5. The summed E-state index contributed by atoms with van der Waals surface area (Å²) in [6.07, 6.45) is 5.80. The number of amides is 1. The Balaban J connectivity index is 1.67. The highest BCUT2D eigenvalue weighted by molar-refractivity contribution is 7.99. The highest BCUT2D eigenvalue weighted by Crippen LogP contribution is 2.23. The highest BCUT2D eigenvalue weighted by atomic mass is 32.2. The molecule has 0 aliphatic heterocycles. The number of thioether (sulfide) groups is 1. The molecular formula is C16H22N2O4S. The number of esters is 1. The number of rotatable bonds is 6. The summed E-state index contributed by atoms with van der Waals surface area (Å²) in [4.78, 5) is 23.5. The first kappa shape index (κ1) is 17.6. The molecule has 126 valence electrons. The predicted molar refractivity (Wildman–Crippen MR) is 86.6 cm³/mol. The Bertz CT molecular complexity index is 553. The van der Waals surface area contributed by atoms with E-state index >= 15 is 0 Å². The molecule has 2 rings (SSSR count). The highest BCUT2D eigenvalue weighted by Gasteiger charge is 2.23. The molecule has 1 aromatic heterocycles. The molecule has 1 aliphatic carbocycles. The monoisotopic (exact) mass is 338 g/mol. The van der Waals surface area contributed by atoms with E-state index in [9.17, 15) is 14.8 Å². The zero-order valence-electron chi connectivity index (χ0n) is 13.2. The van der Waals surface area contributed by atoms with Crippen molar-refractivity contribution < 1.29 is 19.1 Å². The van der Waals surface area contributed by atoms with Crippen molar-refractivity contribution in [3.05, 3.63) is 29.6 Å². The van der Waals surface area contributed by atoms with Crippen LogP contribution in [0.3, 0.4) is 0 Å². The van der Waals surface area contributed by atoms with Crippen molar-refractivity contribution in [2.45, 2.75) is 43.7 Å². The van der Waals surface area contributed by atoms with Gasteiger partial charge < -0.3 is 15.3 Å². The molecule has 0 spiro atoms. The van der Waals surface area contributed by atoms with E-state index in [0.29, 0.717) is 15.7 Å². The molecule has 1 amide bonds. The van der Waals surface area contributed by atoms with Crippen molar-refractivity contribution in [3.63, 3.8) is 0 Å². The van der Waals surface area contributed by atoms with E-state index < -0.39 is 5.97 Å². The summed E-state index contributed by atoms with van der Waals surface area (Å²) in [5.74, 6) is -0.310. The fraction of sp³-hybridized carbons (Fsp3) is 0.562. The van der Waals surface area contributed by atoms with Gasteiger partial charge in [0.2, 0.25) is 0 Å². The Morgan fingerprint density at radius 1 is 1.39 bits per heavy atom. The maximum absolute atomic E-state index is 11.8. The molecule has 1 saturated carbocycles. The summed E-state index contributed by atoms with van der Waals surface area (Å²) in [6, 6.07) is 5.14. The van der Waals surface area contributed by atoms with Gasteiger partial charge in [0, 0.05) is 18.2 Å². The van der Waals surface area contributed by atoms with Crippen molar-refractivity contribution in [2.75, 3.05) is 12.4 Å². The van der Waals surface area contributed by atoms with Crippen LogP contribution in [0.25, 0.3) is 0 Å². The molecule has 7 heteroatoms. The molecule has 0 bridgehead atoms. The van der Waals surface area contributed by atoms with Crippen LogP contribution in [0.1, 0.15) is 32.6 Å². The van der Waals surface area contributed by atoms with Gasteiger partial charge in [-0.3, -0.25) is 9.59 Å². The van der Waals surface area contributed by atoms with Crippen LogP contribution >= 0.6 is 11.8 Å². The van der Waals surface area contributed by atoms with Gasteiger partial charge in [-0.15, -0.1) is 0 Å². The second-order valence-electron chi connectivity index (χ2n) is 5.75. The fourth-order valence-electron chi connectivity index (χ4n) is 2.62. The van der Waals surface area contributed by atoms with E-state index in [1.807, 2.05) is 0 Å². The smallest absolute Gasteiger partial charge is 0.317 e. The van der Waals surface area contributed by atoms with E-state index in [0.717, 1.165) is 31.0 Å². The Morgan fingerprint density at radius 2 is 2.17 bits per heavy atom. The number of aromatic nitrogens is 1. The quantitative estimate of drug-likeness (QED) is 0.369. The SMILES string of the molecule is CC1CCCCC1NC(=O)COC(=O)CSc1cccc[n+]1[O-]. The Labute approximate surface area is 140 Å². The summed E-state index contributed by atoms with van der Waals surface area (Å²) in [5.41, 5.74) is 0. The van der Waals surface area contributed by atoms with Crippen LogP contribution in [-0.2, 0) is 14.3 Å². The summed E-state index contributed by atoms with van der Waals surface area (Å²) in [5, 5.41) is 14.8. The van der Waals surface area contributed by atoms with Crippen molar-refractivity contribution in [1.29, 1.82) is 0 Å². The standard InChI is InChI=1S/C16H22N2O4S/c1-12-6-2-3-7-13(12)17-14(19)10-22-16(20)11-23-15-8-4-5-9-18(15)21/h4-5,8-9,12-13H,2-3,6-7,10-11H2,1H3,(H,17,19). The summed E-state index contributed by atoms with van der Waals surface area (Å²) in [6.45, 7) is 1.86. The van der Waals surface area contributed by atoms with Gasteiger partial charge in [0.05, 0.1) is 0 Å². The number of nitrogens with zero attached hydrogens (tertiary/aromatic N) is 1. The fourth-order valence-corrected chi connectivity index (χ4v) is 3.34. The van der Waals surface area contributed by atoms with E-state index in [1.54, 1.807) is 18.2 Å². The molecular weight excluding hydrogens is 316 g/mol. The normalized spacial score (nSPS) is 20.7. The van der Waals surface area contributed by atoms with Crippen LogP contribution in [-0.4, -0.2) is 30.3 Å². The van der Waals surface area contributed by atoms with Crippen molar-refractivity contribution in [3.8, 4) is 0 Å². The van der Waals surface area contributed by atoms with E-state index in [2.05, 4.69) is 12.2 Å². The first-order valence-corrected chi connectivity index (χ1v) is 8.81. The van der Waals surface area contributed by atoms with Gasteiger partial charge in [-0.2, -0.15) is 4.73 Å². The van der Waals surface area contributed by atoms with Gasteiger partial charge in [-0.25, -0.2) is 0 Å². The second-order valence-corrected chi connectivity index (χ2v) is 6.75. The lowest BCUT2D eigenvalue weighted by molar-refractivity contribution is -0.645. The predicted octanol–water partition coefficient (Wildman–Crippen LogP) is 1.65. The molecule has 0 aromatic carbocycles. The first-order chi connectivity index (χ1) is 11.1. The lowest BCUT2D eigenvalue weighted by atomic mass is 9.86. The second kappa shape index (κ2) is 8.76. The summed E-state index contributed by atoms with van der Waals surface area (Å²) < 4.78 is 5.65. The molecule has 1 heterocycles. The number of nitrogens with one attached hydrogen (secondary N) is 1. The number of carbonyl (C=O) groups excluding carboxylic acids is 2. The van der Waals surface area contributed by atoms with Crippen molar-refractivity contribution >= 4 is 23.6 Å². The van der Waals surface area contributed by atoms with Crippen LogP contribution in [0, 0.1) is 11.1 Å². The molecule has 23 heavy (non-hydrogen) atoms. The zero-order chi connectivity index (χ0) is 16.7. The molecule has 1 fully saturated rings. The zero-order valence-corrected chi connectivity index (χ0v) is 14.0. The molecule has 1 aliphatic rings. The number of hydrogen-bond donors (Lipinski definition) is 1. The van der Waals surface area contributed by atoms with E-state index in [-0.39, 0.29) is 24.3 Å². The molecule has 2 unspecified atom stereocenters. The van der Waals surface area contributed by atoms with Gasteiger partial charge in [0.15, 0.2) is 12.8 Å². The Hall–Kier alpha value is -1.76. The van der Waals surface area contributed by atoms with Gasteiger partial charge in [-0.1, -0.05) is 19.8 Å². The van der Waals surface area contributed by atoms with Crippen molar-refractivity contribution in [1.82, 2.24) is 5.32 Å². The van der Waals surface area contributed by atoms with Gasteiger partial charge in [0.1, 0.15) is 5.75 Å². The number of ether oxygens (including phenoxy) is 1. The maximum Gasteiger partial charge on any atom is 0.317 e. The third kappa shape index (κ3) is 5.74. The molecule has 0 radical (unpaired) electrons. The van der Waals surface area contributed by atoms with Gasteiger partial charge >= 0.3 is 5.97 Å². The molecule has 0 saturated heterocycles. The first-order valence-electron chi connectivity index (χ1n) is 7.82. The van der Waals surface area contributed by atoms with E-state index in [4.69, 9.17) is 4.74 Å². The topological polar surface area (TPSA) is 82.3 Å². The molecule has 6 nitrogen and oxygen atoms in total. The van der Waals surface area contributed by atoms with Crippen LogP contribution in [0.2, 0.25) is 0 Å². The Kier molecular flexibility index (Phi) is 6.70.